The summed E-state index contributed by atoms with van der Waals surface area (Å²) in [5.74, 6) is -0.963. The highest BCUT2D eigenvalue weighted by atomic mass is 19.1. The maximum atomic E-state index is 13.3. The van der Waals surface area contributed by atoms with Crippen molar-refractivity contribution in [1.82, 2.24) is 5.32 Å². The second-order valence-corrected chi connectivity index (χ2v) is 2.99. The van der Waals surface area contributed by atoms with E-state index in [2.05, 4.69) is 5.32 Å². The van der Waals surface area contributed by atoms with Crippen LogP contribution in [0.3, 0.4) is 0 Å². The smallest absolute Gasteiger partial charge is 0.231 e. The van der Waals surface area contributed by atoms with E-state index in [4.69, 9.17) is 11.0 Å². The molecule has 0 radical (unpaired) electrons. The van der Waals surface area contributed by atoms with Gasteiger partial charge in [0.05, 0.1) is 18.2 Å². The molecule has 0 spiro atoms. The lowest BCUT2D eigenvalue weighted by Crippen LogP contribution is -2.28. The molecule has 0 atom stereocenters. The predicted octanol–water partition coefficient (Wildman–Crippen LogP) is 0.272. The van der Waals surface area contributed by atoms with Crippen LogP contribution < -0.4 is 11.1 Å². The van der Waals surface area contributed by atoms with Gasteiger partial charge in [-0.2, -0.15) is 5.26 Å². The van der Waals surface area contributed by atoms with Crippen LogP contribution in [0, 0.1) is 17.1 Å². The van der Waals surface area contributed by atoms with Gasteiger partial charge >= 0.3 is 0 Å². The van der Waals surface area contributed by atoms with Crippen molar-refractivity contribution < 1.29 is 9.18 Å². The zero-order chi connectivity index (χ0) is 11.3. The summed E-state index contributed by atoms with van der Waals surface area (Å²) in [6, 6.07) is 6.01. The topological polar surface area (TPSA) is 78.9 Å². The van der Waals surface area contributed by atoms with E-state index >= 15 is 0 Å². The number of nitriles is 1. The van der Waals surface area contributed by atoms with Gasteiger partial charge in [0.15, 0.2) is 0 Å². The molecule has 0 aromatic heterocycles. The molecule has 0 saturated heterocycles. The standard InChI is InChI=1S/C10H10FN3O/c11-9-3-7(4-12)1-2-8(9)5-14-6-10(13)15/h1-3,14H,5-6H2,(H2,13,15). The molecule has 1 aromatic carbocycles. The molecule has 0 fully saturated rings. The van der Waals surface area contributed by atoms with Crippen molar-refractivity contribution in [3.8, 4) is 6.07 Å². The molecule has 1 amide bonds. The van der Waals surface area contributed by atoms with Crippen LogP contribution in [-0.2, 0) is 11.3 Å². The number of nitrogens with zero attached hydrogens (tertiary/aromatic N) is 1. The van der Waals surface area contributed by atoms with Crippen LogP contribution in [0.15, 0.2) is 18.2 Å². The van der Waals surface area contributed by atoms with Gasteiger partial charge in [-0.25, -0.2) is 4.39 Å². The van der Waals surface area contributed by atoms with Crippen LogP contribution in [-0.4, -0.2) is 12.5 Å². The Morgan fingerprint density at radius 3 is 2.87 bits per heavy atom. The number of carbonyl (C=O) groups excluding carboxylic acids is 1. The first-order chi connectivity index (χ1) is 7.13. The number of nitrogens with two attached hydrogens (primary N) is 1. The fourth-order valence-electron chi connectivity index (χ4n) is 1.08. The van der Waals surface area contributed by atoms with Crippen LogP contribution in [0.1, 0.15) is 11.1 Å². The quantitative estimate of drug-likeness (QED) is 0.743. The highest BCUT2D eigenvalue weighted by Gasteiger charge is 2.03. The molecule has 0 bridgehead atoms. The number of benzene rings is 1. The highest BCUT2D eigenvalue weighted by Crippen LogP contribution is 2.09. The van der Waals surface area contributed by atoms with Crippen molar-refractivity contribution in [2.24, 2.45) is 5.73 Å². The summed E-state index contributed by atoms with van der Waals surface area (Å²) in [6.45, 7) is 0.208. The van der Waals surface area contributed by atoms with Gasteiger partial charge in [-0.3, -0.25) is 4.79 Å². The van der Waals surface area contributed by atoms with Gasteiger partial charge in [-0.1, -0.05) is 6.07 Å². The molecule has 78 valence electrons. The van der Waals surface area contributed by atoms with Gasteiger partial charge in [-0.15, -0.1) is 0 Å². The van der Waals surface area contributed by atoms with E-state index in [9.17, 15) is 9.18 Å². The minimum absolute atomic E-state index is 0.000554. The predicted molar refractivity (Wildman–Crippen MR) is 52.0 cm³/mol. The summed E-state index contributed by atoms with van der Waals surface area (Å²) in [5, 5.41) is 11.2. The number of nitrogens with one attached hydrogen (secondary N) is 1. The maximum absolute atomic E-state index is 13.3. The number of hydrogen-bond donors (Lipinski definition) is 2. The minimum Gasteiger partial charge on any atom is -0.369 e. The molecular formula is C10H10FN3O. The van der Waals surface area contributed by atoms with Crippen molar-refractivity contribution in [2.45, 2.75) is 6.54 Å². The van der Waals surface area contributed by atoms with E-state index in [-0.39, 0.29) is 18.7 Å². The molecule has 0 aliphatic heterocycles. The monoisotopic (exact) mass is 207 g/mol. The molecule has 0 aliphatic rings. The van der Waals surface area contributed by atoms with Crippen LogP contribution >= 0.6 is 0 Å². The van der Waals surface area contributed by atoms with Crippen LogP contribution in [0.5, 0.6) is 0 Å². The molecule has 3 N–H and O–H groups in total. The van der Waals surface area contributed by atoms with Gasteiger partial charge in [0.1, 0.15) is 5.82 Å². The lowest BCUT2D eigenvalue weighted by atomic mass is 10.1. The molecule has 0 saturated carbocycles. The summed E-state index contributed by atoms with van der Waals surface area (Å²) in [4.78, 5) is 10.4. The summed E-state index contributed by atoms with van der Waals surface area (Å²) in [7, 11) is 0. The van der Waals surface area contributed by atoms with Crippen LogP contribution in [0.2, 0.25) is 0 Å². The van der Waals surface area contributed by atoms with E-state index in [1.165, 1.54) is 12.1 Å². The molecule has 5 heteroatoms. The highest BCUT2D eigenvalue weighted by molar-refractivity contribution is 5.75. The summed E-state index contributed by atoms with van der Waals surface area (Å²) in [6.07, 6.45) is 0. The Bertz CT molecular complexity index is 412. The first-order valence-corrected chi connectivity index (χ1v) is 4.31. The Hall–Kier alpha value is -1.93. The molecule has 0 aliphatic carbocycles. The van der Waals surface area contributed by atoms with Crippen molar-refractivity contribution in [2.75, 3.05) is 6.54 Å². The molecule has 0 unspecified atom stereocenters. The first-order valence-electron chi connectivity index (χ1n) is 4.31. The third-order valence-electron chi connectivity index (χ3n) is 1.80. The zero-order valence-corrected chi connectivity index (χ0v) is 7.96. The van der Waals surface area contributed by atoms with Crippen molar-refractivity contribution in [3.63, 3.8) is 0 Å². The van der Waals surface area contributed by atoms with Gasteiger partial charge in [0.2, 0.25) is 5.91 Å². The number of primary amides is 1. The van der Waals surface area contributed by atoms with Crippen LogP contribution in [0.25, 0.3) is 0 Å². The molecule has 15 heavy (non-hydrogen) atoms. The van der Waals surface area contributed by atoms with E-state index in [0.29, 0.717) is 5.56 Å². The third-order valence-corrected chi connectivity index (χ3v) is 1.80. The van der Waals surface area contributed by atoms with E-state index in [0.717, 1.165) is 6.07 Å². The lowest BCUT2D eigenvalue weighted by molar-refractivity contribution is -0.117. The maximum Gasteiger partial charge on any atom is 0.231 e. The number of rotatable bonds is 4. The van der Waals surface area contributed by atoms with Crippen molar-refractivity contribution in [3.05, 3.63) is 35.1 Å². The average molecular weight is 207 g/mol. The Kier molecular flexibility index (Phi) is 3.77. The second-order valence-electron chi connectivity index (χ2n) is 2.99. The molecule has 0 heterocycles. The molecule has 1 rings (SSSR count). The Morgan fingerprint density at radius 1 is 1.60 bits per heavy atom. The summed E-state index contributed by atoms with van der Waals surface area (Å²) in [5.41, 5.74) is 5.57. The Balaban J connectivity index is 2.63. The van der Waals surface area contributed by atoms with Crippen LogP contribution in [0.4, 0.5) is 4.39 Å². The largest absolute Gasteiger partial charge is 0.369 e. The van der Waals surface area contributed by atoms with E-state index in [1.807, 2.05) is 6.07 Å². The lowest BCUT2D eigenvalue weighted by Gasteiger charge is -2.03. The zero-order valence-electron chi connectivity index (χ0n) is 7.96. The Labute approximate surface area is 86.5 Å². The number of halogens is 1. The van der Waals surface area contributed by atoms with Gasteiger partial charge in [-0.05, 0) is 12.1 Å². The summed E-state index contributed by atoms with van der Waals surface area (Å²) >= 11 is 0. The molecule has 1 aromatic rings. The fraction of sp³-hybridized carbons (Fsp3) is 0.200. The number of carbonyl (C=O) groups is 1. The molecule has 4 nitrogen and oxygen atoms in total. The fourth-order valence-corrected chi connectivity index (χ4v) is 1.08. The Morgan fingerprint density at radius 2 is 2.33 bits per heavy atom. The van der Waals surface area contributed by atoms with E-state index < -0.39 is 11.7 Å². The number of amides is 1. The summed E-state index contributed by atoms with van der Waals surface area (Å²) < 4.78 is 13.3. The second kappa shape index (κ2) is 5.08. The first kappa shape index (κ1) is 11.1. The molecular weight excluding hydrogens is 197 g/mol. The van der Waals surface area contributed by atoms with Crippen molar-refractivity contribution in [1.29, 1.82) is 5.26 Å². The van der Waals surface area contributed by atoms with Crippen molar-refractivity contribution >= 4 is 5.91 Å². The van der Waals surface area contributed by atoms with E-state index in [1.54, 1.807) is 0 Å². The minimum atomic E-state index is -0.496. The SMILES string of the molecule is N#Cc1ccc(CNCC(N)=O)c(F)c1. The third kappa shape index (κ3) is 3.37. The van der Waals surface area contributed by atoms with Gasteiger partial charge in [0, 0.05) is 12.1 Å². The average Bonchev–Trinajstić information content (AvgIpc) is 2.20. The number of hydrogen-bond acceptors (Lipinski definition) is 3. The normalized spacial score (nSPS) is 9.60. The van der Waals surface area contributed by atoms with Gasteiger partial charge in [0.25, 0.3) is 0 Å². The van der Waals surface area contributed by atoms with Gasteiger partial charge < -0.3 is 11.1 Å².